The summed E-state index contributed by atoms with van der Waals surface area (Å²) in [6.07, 6.45) is 1.08. The predicted octanol–water partition coefficient (Wildman–Crippen LogP) is 2.01. The van der Waals surface area contributed by atoms with Gasteiger partial charge in [-0.2, -0.15) is 5.10 Å². The molecular weight excluding hydrogens is 278 g/mol. The summed E-state index contributed by atoms with van der Waals surface area (Å²) in [5, 5.41) is 24.0. The van der Waals surface area contributed by atoms with Gasteiger partial charge in [0, 0.05) is 18.2 Å². The summed E-state index contributed by atoms with van der Waals surface area (Å²) in [5.74, 6) is 0.0228. The van der Waals surface area contributed by atoms with E-state index in [1.807, 2.05) is 0 Å². The Hall–Kier alpha value is -3.16. The second-order valence-electron chi connectivity index (χ2n) is 4.12. The molecule has 0 atom stereocenters. The topological polar surface area (TPSA) is 118 Å². The summed E-state index contributed by atoms with van der Waals surface area (Å²) in [6, 6.07) is 6.98. The van der Waals surface area contributed by atoms with Crippen LogP contribution in [0.5, 0.6) is 5.75 Å². The van der Waals surface area contributed by atoms with E-state index in [1.54, 1.807) is 6.07 Å². The molecule has 2 rings (SSSR count). The number of hydrazone groups is 1. The molecule has 0 aliphatic heterocycles. The fourth-order valence-electron chi connectivity index (χ4n) is 1.58. The Morgan fingerprint density at radius 3 is 2.86 bits per heavy atom. The minimum absolute atomic E-state index is 0.0899. The van der Waals surface area contributed by atoms with Crippen LogP contribution in [0.1, 0.15) is 11.3 Å². The maximum Gasteiger partial charge on any atom is 0.348 e. The van der Waals surface area contributed by atoms with Gasteiger partial charge in [-0.3, -0.25) is 15.5 Å². The molecule has 0 amide bonds. The number of anilines is 1. The van der Waals surface area contributed by atoms with Gasteiger partial charge in [0.25, 0.3) is 5.69 Å². The number of nitrogens with one attached hydrogen (secondary N) is 1. The second-order valence-corrected chi connectivity index (χ2v) is 4.12. The van der Waals surface area contributed by atoms with Crippen molar-refractivity contribution in [3.8, 4) is 5.75 Å². The number of aromatic hydroxyl groups is 1. The molecule has 0 saturated heterocycles. The molecule has 0 aliphatic carbocycles. The number of hydrogen-bond donors (Lipinski definition) is 2. The van der Waals surface area contributed by atoms with Crippen molar-refractivity contribution in [2.24, 2.45) is 5.10 Å². The summed E-state index contributed by atoms with van der Waals surface area (Å²) >= 11 is 0. The van der Waals surface area contributed by atoms with Crippen LogP contribution in [0.2, 0.25) is 0 Å². The first-order valence-electron chi connectivity index (χ1n) is 5.84. The Balaban J connectivity index is 2.18. The van der Waals surface area contributed by atoms with E-state index in [4.69, 9.17) is 4.42 Å². The predicted molar refractivity (Wildman–Crippen MR) is 75.7 cm³/mol. The Bertz CT molecular complexity index is 767. The second kappa shape index (κ2) is 5.87. The molecule has 0 fully saturated rings. The molecule has 0 spiro atoms. The number of nitro groups is 1. The van der Waals surface area contributed by atoms with Crippen molar-refractivity contribution in [3.05, 3.63) is 62.2 Å². The zero-order chi connectivity index (χ0) is 15.4. The van der Waals surface area contributed by atoms with Gasteiger partial charge in [-0.05, 0) is 13.0 Å². The Morgan fingerprint density at radius 2 is 2.19 bits per heavy atom. The number of nitrogens with zero attached hydrogens (tertiary/aromatic N) is 2. The van der Waals surface area contributed by atoms with Gasteiger partial charge in [-0.1, -0.05) is 6.07 Å². The van der Waals surface area contributed by atoms with Crippen LogP contribution in [0.25, 0.3) is 0 Å². The van der Waals surface area contributed by atoms with Gasteiger partial charge in [-0.25, -0.2) is 4.79 Å². The van der Waals surface area contributed by atoms with Gasteiger partial charge >= 0.3 is 5.63 Å². The van der Waals surface area contributed by atoms with Crippen molar-refractivity contribution < 1.29 is 14.4 Å². The molecule has 8 nitrogen and oxygen atoms in total. The van der Waals surface area contributed by atoms with Gasteiger partial charge in [0.05, 0.1) is 16.8 Å². The van der Waals surface area contributed by atoms with Crippen LogP contribution < -0.4 is 11.1 Å². The molecule has 0 aliphatic rings. The van der Waals surface area contributed by atoms with E-state index in [-0.39, 0.29) is 22.8 Å². The smallest absolute Gasteiger partial charge is 0.348 e. The first-order valence-corrected chi connectivity index (χ1v) is 5.84. The molecule has 0 radical (unpaired) electrons. The molecule has 1 aromatic carbocycles. The van der Waals surface area contributed by atoms with Crippen molar-refractivity contribution in [1.29, 1.82) is 0 Å². The van der Waals surface area contributed by atoms with E-state index in [2.05, 4.69) is 10.5 Å². The van der Waals surface area contributed by atoms with Crippen molar-refractivity contribution in [2.75, 3.05) is 5.43 Å². The van der Waals surface area contributed by atoms with E-state index < -0.39 is 10.5 Å². The minimum atomic E-state index is -0.725. The molecule has 0 saturated carbocycles. The normalized spacial score (nSPS) is 10.7. The molecule has 108 valence electrons. The van der Waals surface area contributed by atoms with Crippen LogP contribution in [0, 0.1) is 17.0 Å². The van der Waals surface area contributed by atoms with Crippen LogP contribution in [-0.2, 0) is 0 Å². The van der Waals surface area contributed by atoms with Crippen LogP contribution >= 0.6 is 0 Å². The van der Waals surface area contributed by atoms with Crippen LogP contribution in [-0.4, -0.2) is 16.2 Å². The average Bonchev–Trinajstić information content (AvgIpc) is 2.42. The van der Waals surface area contributed by atoms with Gasteiger partial charge in [0.2, 0.25) is 0 Å². The van der Waals surface area contributed by atoms with Gasteiger partial charge in [0.1, 0.15) is 17.1 Å². The lowest BCUT2D eigenvalue weighted by atomic mass is 10.2. The zero-order valence-electron chi connectivity index (χ0n) is 10.9. The molecule has 2 aromatic rings. The molecule has 1 heterocycles. The van der Waals surface area contributed by atoms with Crippen molar-refractivity contribution in [3.63, 3.8) is 0 Å². The van der Waals surface area contributed by atoms with Crippen molar-refractivity contribution in [1.82, 2.24) is 0 Å². The summed E-state index contributed by atoms with van der Waals surface area (Å²) in [6.45, 7) is 1.53. The fourth-order valence-corrected chi connectivity index (χ4v) is 1.58. The summed E-state index contributed by atoms with van der Waals surface area (Å²) in [5.41, 5.74) is 1.98. The molecule has 0 unspecified atom stereocenters. The molecule has 21 heavy (non-hydrogen) atoms. The fraction of sp³-hybridized carbons (Fsp3) is 0.0769. The third kappa shape index (κ3) is 3.44. The highest BCUT2D eigenvalue weighted by molar-refractivity contribution is 5.83. The van der Waals surface area contributed by atoms with Crippen LogP contribution in [0.4, 0.5) is 11.4 Å². The maximum absolute atomic E-state index is 11.5. The number of benzene rings is 1. The van der Waals surface area contributed by atoms with E-state index >= 15 is 0 Å². The summed E-state index contributed by atoms with van der Waals surface area (Å²) in [7, 11) is 0. The lowest BCUT2D eigenvalue weighted by Gasteiger charge is -2.00. The molecule has 1 aromatic heterocycles. The Kier molecular flexibility index (Phi) is 3.98. The van der Waals surface area contributed by atoms with E-state index in [0.29, 0.717) is 5.69 Å². The monoisotopic (exact) mass is 289 g/mol. The average molecular weight is 289 g/mol. The van der Waals surface area contributed by atoms with Gasteiger partial charge in [0.15, 0.2) is 0 Å². The highest BCUT2D eigenvalue weighted by atomic mass is 16.6. The third-order valence-electron chi connectivity index (χ3n) is 2.53. The quantitative estimate of drug-likeness (QED) is 0.505. The van der Waals surface area contributed by atoms with Crippen molar-refractivity contribution in [2.45, 2.75) is 6.92 Å². The highest BCUT2D eigenvalue weighted by Gasteiger charge is 2.07. The Morgan fingerprint density at radius 1 is 1.43 bits per heavy atom. The van der Waals surface area contributed by atoms with E-state index in [0.717, 1.165) is 6.21 Å². The SMILES string of the molecule is Cc1cc(O)c(C=NNc2cccc([N+](=O)[O-])c2)c(=O)o1. The summed E-state index contributed by atoms with van der Waals surface area (Å²) < 4.78 is 4.82. The van der Waals surface area contributed by atoms with E-state index in [9.17, 15) is 20.0 Å². The number of nitro benzene ring substituents is 1. The largest absolute Gasteiger partial charge is 0.507 e. The lowest BCUT2D eigenvalue weighted by molar-refractivity contribution is -0.384. The van der Waals surface area contributed by atoms with Crippen molar-refractivity contribution >= 4 is 17.6 Å². The standard InChI is InChI=1S/C13H11N3O5/c1-8-5-12(17)11(13(18)21-8)7-14-15-9-3-2-4-10(6-9)16(19)20/h2-7,15,17H,1H3. The minimum Gasteiger partial charge on any atom is -0.507 e. The maximum atomic E-state index is 11.5. The highest BCUT2D eigenvalue weighted by Crippen LogP contribution is 2.17. The first kappa shape index (κ1) is 14.3. The van der Waals surface area contributed by atoms with Crippen LogP contribution in [0.15, 0.2) is 44.6 Å². The Labute approximate surface area is 118 Å². The molecule has 2 N–H and O–H groups in total. The molecule has 0 bridgehead atoms. The number of hydrogen-bond acceptors (Lipinski definition) is 7. The van der Waals surface area contributed by atoms with Gasteiger partial charge < -0.3 is 9.52 Å². The van der Waals surface area contributed by atoms with E-state index in [1.165, 1.54) is 31.2 Å². The molecule has 8 heteroatoms. The zero-order valence-corrected chi connectivity index (χ0v) is 10.9. The number of aryl methyl sites for hydroxylation is 1. The van der Waals surface area contributed by atoms with Crippen LogP contribution in [0.3, 0.4) is 0 Å². The lowest BCUT2D eigenvalue weighted by Crippen LogP contribution is -2.08. The third-order valence-corrected chi connectivity index (χ3v) is 2.53. The number of non-ortho nitro benzene ring substituents is 1. The number of rotatable bonds is 4. The first-order chi connectivity index (χ1) is 9.97. The summed E-state index contributed by atoms with van der Waals surface area (Å²) in [4.78, 5) is 21.6. The molecular formula is C13H11N3O5. The van der Waals surface area contributed by atoms with Gasteiger partial charge in [-0.15, -0.1) is 0 Å².